The Bertz CT molecular complexity index is 21.5. The molecule has 0 aromatic carbocycles. The quantitative estimate of drug-likeness (QED) is 0.430. The number of methoxy groups -OCH3 is 1. The fourth-order valence-corrected chi connectivity index (χ4v) is 0. The van der Waals surface area contributed by atoms with Gasteiger partial charge in [0.25, 0.3) is 0 Å². The van der Waals surface area contributed by atoms with Gasteiger partial charge in [-0.3, -0.25) is 0 Å². The summed E-state index contributed by atoms with van der Waals surface area (Å²) in [4.78, 5) is 0. The largest absolute Gasteiger partial charge is 0.552 e. The first-order chi connectivity index (χ1) is 2.27. The molecule has 0 N–H and O–H groups in total. The summed E-state index contributed by atoms with van der Waals surface area (Å²) in [5.41, 5.74) is 0. The minimum absolute atomic E-state index is 0. The molecule has 0 rings (SSSR count). The van der Waals surface area contributed by atoms with Gasteiger partial charge >= 0.3 is 0 Å². The number of hydrogen-bond donors (Lipinski definition) is 0. The van der Waals surface area contributed by atoms with Crippen LogP contribution < -0.4 is 0 Å². The summed E-state index contributed by atoms with van der Waals surface area (Å²) in [6.07, 6.45) is 1.00. The maximum atomic E-state index is 4.67. The molecular formula is C4H9ORh-. The van der Waals surface area contributed by atoms with E-state index in [4.69, 9.17) is 0 Å². The average Bonchev–Trinajstić information content (AvgIpc) is 1.38. The van der Waals surface area contributed by atoms with Gasteiger partial charge in [0.15, 0.2) is 0 Å². The van der Waals surface area contributed by atoms with Crippen molar-refractivity contribution in [2.45, 2.75) is 13.8 Å². The SMILES string of the molecule is CO[C-](C)C.[Rh]. The smallest absolute Gasteiger partial charge is 0 e. The number of ether oxygens (including phenoxy) is 1. The third-order valence-electron chi connectivity index (χ3n) is 0.408. The Morgan fingerprint density at radius 3 is 1.50 bits per heavy atom. The van der Waals surface area contributed by atoms with Crippen molar-refractivity contribution in [3.63, 3.8) is 0 Å². The molecule has 0 aromatic rings. The van der Waals surface area contributed by atoms with E-state index in [0.29, 0.717) is 0 Å². The molecule has 0 amide bonds. The predicted molar refractivity (Wildman–Crippen MR) is 21.6 cm³/mol. The van der Waals surface area contributed by atoms with E-state index >= 15 is 0 Å². The zero-order valence-electron chi connectivity index (χ0n) is 4.24. The summed E-state index contributed by atoms with van der Waals surface area (Å²) in [7, 11) is 1.66. The van der Waals surface area contributed by atoms with E-state index in [0.717, 1.165) is 6.10 Å². The van der Waals surface area contributed by atoms with Crippen molar-refractivity contribution in [1.29, 1.82) is 0 Å². The van der Waals surface area contributed by atoms with Gasteiger partial charge in [0.2, 0.25) is 0 Å². The van der Waals surface area contributed by atoms with Gasteiger partial charge in [-0.05, 0) is 7.11 Å². The normalized spacial score (nSPS) is 8.00. The average molecular weight is 176 g/mol. The van der Waals surface area contributed by atoms with E-state index in [-0.39, 0.29) is 19.5 Å². The van der Waals surface area contributed by atoms with Crippen molar-refractivity contribution in [3.8, 4) is 0 Å². The maximum absolute atomic E-state index is 4.67. The molecule has 0 unspecified atom stereocenters. The molecule has 41 valence electrons. The van der Waals surface area contributed by atoms with Crippen LogP contribution in [0.3, 0.4) is 0 Å². The molecule has 0 heterocycles. The molecule has 0 bridgehead atoms. The van der Waals surface area contributed by atoms with Gasteiger partial charge in [0.1, 0.15) is 0 Å². The van der Waals surface area contributed by atoms with Crippen LogP contribution in [0.1, 0.15) is 13.8 Å². The molecule has 2 heteroatoms. The topological polar surface area (TPSA) is 9.23 Å². The summed E-state index contributed by atoms with van der Waals surface area (Å²) >= 11 is 0. The van der Waals surface area contributed by atoms with E-state index < -0.39 is 0 Å². The molecule has 0 spiro atoms. The molecule has 1 radical (unpaired) electrons. The summed E-state index contributed by atoms with van der Waals surface area (Å²) in [6, 6.07) is 0. The van der Waals surface area contributed by atoms with Crippen LogP contribution in [-0.2, 0) is 24.2 Å². The van der Waals surface area contributed by atoms with Gasteiger partial charge in [0, 0.05) is 19.5 Å². The zero-order chi connectivity index (χ0) is 4.28. The molecule has 0 atom stereocenters. The van der Waals surface area contributed by atoms with E-state index in [1.807, 2.05) is 13.8 Å². The van der Waals surface area contributed by atoms with Crippen LogP contribution in [0, 0.1) is 6.10 Å². The Kier molecular flexibility index (Phi) is 9.09. The molecular weight excluding hydrogens is 167 g/mol. The van der Waals surface area contributed by atoms with Crippen LogP contribution in [-0.4, -0.2) is 7.11 Å². The Morgan fingerprint density at radius 2 is 1.50 bits per heavy atom. The van der Waals surface area contributed by atoms with Crippen molar-refractivity contribution in [3.05, 3.63) is 6.10 Å². The van der Waals surface area contributed by atoms with Crippen molar-refractivity contribution < 1.29 is 24.2 Å². The summed E-state index contributed by atoms with van der Waals surface area (Å²) < 4.78 is 4.67. The Hall–Kier alpha value is 0.583. The molecule has 1 nitrogen and oxygen atoms in total. The van der Waals surface area contributed by atoms with E-state index in [9.17, 15) is 0 Å². The third-order valence-corrected chi connectivity index (χ3v) is 0.408. The number of hydrogen-bond acceptors (Lipinski definition) is 1. The Labute approximate surface area is 51.8 Å². The fraction of sp³-hybridized carbons (Fsp3) is 0.750. The van der Waals surface area contributed by atoms with Gasteiger partial charge < -0.3 is 4.74 Å². The zero-order valence-corrected chi connectivity index (χ0v) is 5.88. The Balaban J connectivity index is 0. The van der Waals surface area contributed by atoms with Crippen molar-refractivity contribution in [2.75, 3.05) is 7.11 Å². The molecule has 0 aliphatic rings. The van der Waals surface area contributed by atoms with Gasteiger partial charge in [-0.25, -0.2) is 6.10 Å². The molecule has 6 heavy (non-hydrogen) atoms. The van der Waals surface area contributed by atoms with Gasteiger partial charge in [-0.2, -0.15) is 13.8 Å². The fourth-order valence-electron chi connectivity index (χ4n) is 0. The van der Waals surface area contributed by atoms with Crippen LogP contribution in [0.15, 0.2) is 0 Å². The molecule has 0 saturated heterocycles. The minimum Gasteiger partial charge on any atom is -0.552 e. The van der Waals surface area contributed by atoms with Crippen LogP contribution in [0.25, 0.3) is 0 Å². The maximum Gasteiger partial charge on any atom is 0 e. The van der Waals surface area contributed by atoms with Crippen molar-refractivity contribution in [2.24, 2.45) is 0 Å². The molecule has 0 saturated carbocycles. The van der Waals surface area contributed by atoms with E-state index in [1.165, 1.54) is 0 Å². The summed E-state index contributed by atoms with van der Waals surface area (Å²) in [5.74, 6) is 0. The standard InChI is InChI=1S/C4H9O.Rh/c1-4(2)5-3;/h1-3H3;/q-1;. The van der Waals surface area contributed by atoms with Gasteiger partial charge in [-0.15, -0.1) is 0 Å². The molecule has 0 aliphatic carbocycles. The first kappa shape index (κ1) is 9.77. The van der Waals surface area contributed by atoms with Crippen LogP contribution >= 0.6 is 0 Å². The first-order valence-corrected chi connectivity index (χ1v) is 1.61. The van der Waals surface area contributed by atoms with Gasteiger partial charge in [0.05, 0.1) is 0 Å². The van der Waals surface area contributed by atoms with E-state index in [1.54, 1.807) is 7.11 Å². The second-order valence-electron chi connectivity index (χ2n) is 1.11. The molecule has 0 fully saturated rings. The van der Waals surface area contributed by atoms with Crippen LogP contribution in [0.4, 0.5) is 0 Å². The summed E-state index contributed by atoms with van der Waals surface area (Å²) in [5, 5.41) is 0. The van der Waals surface area contributed by atoms with Crippen molar-refractivity contribution in [1.82, 2.24) is 0 Å². The van der Waals surface area contributed by atoms with Crippen LogP contribution in [0.5, 0.6) is 0 Å². The monoisotopic (exact) mass is 176 g/mol. The summed E-state index contributed by atoms with van der Waals surface area (Å²) in [6.45, 7) is 3.83. The van der Waals surface area contributed by atoms with Crippen molar-refractivity contribution >= 4 is 0 Å². The van der Waals surface area contributed by atoms with E-state index in [2.05, 4.69) is 4.74 Å². The number of rotatable bonds is 1. The van der Waals surface area contributed by atoms with Gasteiger partial charge in [-0.1, -0.05) is 0 Å². The minimum atomic E-state index is 0. The predicted octanol–water partition coefficient (Wildman–Crippen LogP) is 1.20. The molecule has 0 aliphatic heterocycles. The van der Waals surface area contributed by atoms with Crippen LogP contribution in [0.2, 0.25) is 0 Å². The Morgan fingerprint density at radius 1 is 1.33 bits per heavy atom. The second-order valence-corrected chi connectivity index (χ2v) is 1.11. The second kappa shape index (κ2) is 5.58. The molecule has 0 aromatic heterocycles. The first-order valence-electron chi connectivity index (χ1n) is 1.61. The third kappa shape index (κ3) is 8.82.